The summed E-state index contributed by atoms with van der Waals surface area (Å²) >= 11 is 7.60. The summed E-state index contributed by atoms with van der Waals surface area (Å²) in [6.45, 7) is 0.229. The third kappa shape index (κ3) is 8.34. The van der Waals surface area contributed by atoms with Gasteiger partial charge in [-0.15, -0.1) is 11.8 Å². The number of rotatable bonds is 11. The van der Waals surface area contributed by atoms with Crippen molar-refractivity contribution >= 4 is 35.2 Å². The second kappa shape index (κ2) is 13.6. The van der Waals surface area contributed by atoms with Crippen LogP contribution in [0.15, 0.2) is 78.9 Å². The van der Waals surface area contributed by atoms with Crippen molar-refractivity contribution in [3.05, 3.63) is 106 Å². The zero-order valence-electron chi connectivity index (χ0n) is 20.7. The Hall–Kier alpha value is -2.83. The molecule has 0 spiro atoms. The van der Waals surface area contributed by atoms with Crippen molar-refractivity contribution in [3.63, 3.8) is 0 Å². The smallest absolute Gasteiger partial charge is 0.243 e. The minimum absolute atomic E-state index is 0.126. The molecule has 4 rings (SSSR count). The van der Waals surface area contributed by atoms with Gasteiger partial charge in [0.25, 0.3) is 0 Å². The molecule has 37 heavy (non-hydrogen) atoms. The minimum atomic E-state index is -0.674. The highest BCUT2D eigenvalue weighted by atomic mass is 35.5. The van der Waals surface area contributed by atoms with Gasteiger partial charge in [0.2, 0.25) is 11.8 Å². The zero-order chi connectivity index (χ0) is 26.0. The molecule has 0 aromatic heterocycles. The first kappa shape index (κ1) is 27.2. The summed E-state index contributed by atoms with van der Waals surface area (Å²) in [5.41, 5.74) is 2.80. The van der Waals surface area contributed by atoms with E-state index in [1.165, 1.54) is 23.9 Å². The molecule has 0 radical (unpaired) electrons. The van der Waals surface area contributed by atoms with Gasteiger partial charge in [0.1, 0.15) is 11.9 Å². The fourth-order valence-electron chi connectivity index (χ4n) is 4.67. The van der Waals surface area contributed by atoms with Crippen LogP contribution in [0, 0.1) is 5.82 Å². The van der Waals surface area contributed by atoms with Crippen molar-refractivity contribution < 1.29 is 14.0 Å². The van der Waals surface area contributed by atoms with Crippen LogP contribution in [0.2, 0.25) is 5.02 Å². The lowest BCUT2D eigenvalue weighted by Gasteiger charge is -2.32. The van der Waals surface area contributed by atoms with Crippen molar-refractivity contribution in [2.45, 2.75) is 56.5 Å². The number of nitrogens with one attached hydrogen (secondary N) is 1. The molecule has 7 heteroatoms. The number of hydrogen-bond acceptors (Lipinski definition) is 3. The van der Waals surface area contributed by atoms with E-state index in [2.05, 4.69) is 5.32 Å². The summed E-state index contributed by atoms with van der Waals surface area (Å²) < 4.78 is 13.6. The molecule has 0 bridgehead atoms. The molecular formula is C30H32ClFN2O2S. The highest BCUT2D eigenvalue weighted by Gasteiger charge is 2.32. The highest BCUT2D eigenvalue weighted by Crippen LogP contribution is 2.22. The Balaban J connectivity index is 1.56. The fraction of sp³-hybridized carbons (Fsp3) is 0.333. The Kier molecular flexibility index (Phi) is 10.0. The average Bonchev–Trinajstić information content (AvgIpc) is 3.41. The summed E-state index contributed by atoms with van der Waals surface area (Å²) in [6, 6.07) is 22.9. The van der Waals surface area contributed by atoms with Crippen LogP contribution in [-0.4, -0.2) is 34.6 Å². The molecule has 4 nitrogen and oxygen atoms in total. The first-order chi connectivity index (χ1) is 18.0. The van der Waals surface area contributed by atoms with Crippen LogP contribution in [0.25, 0.3) is 0 Å². The number of thioether (sulfide) groups is 1. The second-order valence-corrected chi connectivity index (χ2v) is 10.9. The third-order valence-electron chi connectivity index (χ3n) is 6.62. The normalized spacial score (nSPS) is 14.3. The maximum absolute atomic E-state index is 13.7. The first-order valence-corrected chi connectivity index (χ1v) is 14.2. The minimum Gasteiger partial charge on any atom is -0.352 e. The lowest BCUT2D eigenvalue weighted by atomic mass is 10.0. The molecular weight excluding hydrogens is 507 g/mol. The van der Waals surface area contributed by atoms with Crippen LogP contribution in [0.1, 0.15) is 42.4 Å². The van der Waals surface area contributed by atoms with E-state index >= 15 is 0 Å². The molecule has 0 aliphatic heterocycles. The summed E-state index contributed by atoms with van der Waals surface area (Å²) in [6.07, 6.45) is 4.54. The number of carbonyl (C=O) groups excluding carboxylic acids is 2. The molecule has 1 unspecified atom stereocenters. The monoisotopic (exact) mass is 538 g/mol. The lowest BCUT2D eigenvalue weighted by Crippen LogP contribution is -2.52. The van der Waals surface area contributed by atoms with E-state index in [9.17, 15) is 14.0 Å². The van der Waals surface area contributed by atoms with Gasteiger partial charge in [-0.05, 0) is 53.8 Å². The van der Waals surface area contributed by atoms with Crippen LogP contribution in [0.3, 0.4) is 0 Å². The van der Waals surface area contributed by atoms with Crippen molar-refractivity contribution in [1.82, 2.24) is 10.2 Å². The van der Waals surface area contributed by atoms with Crippen molar-refractivity contribution in [1.29, 1.82) is 0 Å². The largest absolute Gasteiger partial charge is 0.352 e. The van der Waals surface area contributed by atoms with Gasteiger partial charge in [0.05, 0.1) is 5.75 Å². The van der Waals surface area contributed by atoms with Gasteiger partial charge in [0.15, 0.2) is 0 Å². The second-order valence-electron chi connectivity index (χ2n) is 9.47. The number of hydrogen-bond donors (Lipinski definition) is 1. The standard InChI is InChI=1S/C30H32ClFN2O2S/c31-25-10-6-9-24(17-25)20-37-21-29(35)34(19-23-13-15-26(32)16-14-23)28(18-22-7-2-1-3-8-22)30(36)33-27-11-4-5-12-27/h1-3,6-10,13-17,27-28H,4-5,11-12,18-21H2,(H,33,36). The van der Waals surface area contributed by atoms with E-state index in [1.807, 2.05) is 54.6 Å². The molecule has 1 atom stereocenters. The molecule has 0 heterocycles. The Morgan fingerprint density at radius 3 is 2.35 bits per heavy atom. The zero-order valence-corrected chi connectivity index (χ0v) is 22.3. The molecule has 1 saturated carbocycles. The fourth-order valence-corrected chi connectivity index (χ4v) is 5.74. The van der Waals surface area contributed by atoms with E-state index in [-0.39, 0.29) is 36.0 Å². The average molecular weight is 539 g/mol. The SMILES string of the molecule is O=C(NC1CCCC1)C(Cc1ccccc1)N(Cc1ccc(F)cc1)C(=O)CSCc1cccc(Cl)c1. The summed E-state index contributed by atoms with van der Waals surface area (Å²) in [4.78, 5) is 29.0. The van der Waals surface area contributed by atoms with Gasteiger partial charge in [-0.3, -0.25) is 9.59 Å². The maximum atomic E-state index is 13.7. The summed E-state index contributed by atoms with van der Waals surface area (Å²) in [5, 5.41) is 3.86. The van der Waals surface area contributed by atoms with E-state index in [4.69, 9.17) is 11.6 Å². The number of benzene rings is 3. The van der Waals surface area contributed by atoms with Crippen LogP contribution >= 0.6 is 23.4 Å². The van der Waals surface area contributed by atoms with E-state index in [1.54, 1.807) is 17.0 Å². The molecule has 2 amide bonds. The predicted octanol–water partition coefficient (Wildman–Crippen LogP) is 6.41. The molecule has 0 saturated heterocycles. The molecule has 1 aliphatic rings. The van der Waals surface area contributed by atoms with E-state index in [0.717, 1.165) is 42.4 Å². The van der Waals surface area contributed by atoms with Crippen LogP contribution < -0.4 is 5.32 Å². The quantitative estimate of drug-likeness (QED) is 0.307. The van der Waals surface area contributed by atoms with Gasteiger partial charge in [-0.1, -0.05) is 79.0 Å². The van der Waals surface area contributed by atoms with Crippen LogP contribution in [0.5, 0.6) is 0 Å². The summed E-state index contributed by atoms with van der Waals surface area (Å²) in [5.74, 6) is 0.257. The van der Waals surface area contributed by atoms with Gasteiger partial charge in [0, 0.05) is 29.8 Å². The molecule has 1 N–H and O–H groups in total. The molecule has 1 fully saturated rings. The Bertz CT molecular complexity index is 1170. The Morgan fingerprint density at radius 2 is 1.65 bits per heavy atom. The van der Waals surface area contributed by atoms with E-state index in [0.29, 0.717) is 17.2 Å². The van der Waals surface area contributed by atoms with Gasteiger partial charge < -0.3 is 10.2 Å². The van der Waals surface area contributed by atoms with E-state index < -0.39 is 6.04 Å². The van der Waals surface area contributed by atoms with Crippen molar-refractivity contribution in [3.8, 4) is 0 Å². The van der Waals surface area contributed by atoms with Gasteiger partial charge >= 0.3 is 0 Å². The molecule has 3 aromatic carbocycles. The summed E-state index contributed by atoms with van der Waals surface area (Å²) in [7, 11) is 0. The lowest BCUT2D eigenvalue weighted by molar-refractivity contribution is -0.139. The van der Waals surface area contributed by atoms with Gasteiger partial charge in [-0.2, -0.15) is 0 Å². The number of carbonyl (C=O) groups is 2. The topological polar surface area (TPSA) is 49.4 Å². The molecule has 1 aliphatic carbocycles. The number of halogens is 2. The number of amides is 2. The predicted molar refractivity (Wildman–Crippen MR) is 149 cm³/mol. The molecule has 194 valence electrons. The number of nitrogens with zero attached hydrogens (tertiary/aromatic N) is 1. The van der Waals surface area contributed by atoms with Crippen molar-refractivity contribution in [2.75, 3.05) is 5.75 Å². The maximum Gasteiger partial charge on any atom is 0.243 e. The van der Waals surface area contributed by atoms with Crippen LogP contribution in [0.4, 0.5) is 4.39 Å². The Labute approximate surface area is 227 Å². The Morgan fingerprint density at radius 1 is 0.946 bits per heavy atom. The first-order valence-electron chi connectivity index (χ1n) is 12.7. The third-order valence-corrected chi connectivity index (χ3v) is 7.85. The molecule has 3 aromatic rings. The highest BCUT2D eigenvalue weighted by molar-refractivity contribution is 7.99. The van der Waals surface area contributed by atoms with Gasteiger partial charge in [-0.25, -0.2) is 4.39 Å². The van der Waals surface area contributed by atoms with Crippen LogP contribution in [-0.2, 0) is 28.3 Å². The van der Waals surface area contributed by atoms with Crippen molar-refractivity contribution in [2.24, 2.45) is 0 Å².